The van der Waals surface area contributed by atoms with Crippen molar-refractivity contribution in [3.05, 3.63) is 47.8 Å². The molecule has 16 heavy (non-hydrogen) atoms. The van der Waals surface area contributed by atoms with Crippen molar-refractivity contribution in [1.82, 2.24) is 9.88 Å². The van der Waals surface area contributed by atoms with Gasteiger partial charge in [-0.3, -0.25) is 0 Å². The van der Waals surface area contributed by atoms with Gasteiger partial charge in [-0.1, -0.05) is 29.8 Å². The van der Waals surface area contributed by atoms with Crippen molar-refractivity contribution < 1.29 is 0 Å². The molecule has 0 fully saturated rings. The van der Waals surface area contributed by atoms with Crippen LogP contribution in [0.25, 0.3) is 11.1 Å². The Balaban J connectivity index is 2.03. The van der Waals surface area contributed by atoms with Gasteiger partial charge in [0.1, 0.15) is 0 Å². The minimum absolute atomic E-state index is 0.992. The summed E-state index contributed by atoms with van der Waals surface area (Å²) >= 11 is 0. The minimum Gasteiger partial charge on any atom is -0.348 e. The Morgan fingerprint density at radius 2 is 2.12 bits per heavy atom. The summed E-state index contributed by atoms with van der Waals surface area (Å²) in [6.45, 7) is 5.29. The predicted molar refractivity (Wildman–Crippen MR) is 66.3 cm³/mol. The zero-order valence-corrected chi connectivity index (χ0v) is 9.53. The summed E-state index contributed by atoms with van der Waals surface area (Å²) in [6, 6.07) is 11.0. The second-order valence-corrected chi connectivity index (χ2v) is 4.46. The van der Waals surface area contributed by atoms with E-state index in [1.165, 1.54) is 22.4 Å². The summed E-state index contributed by atoms with van der Waals surface area (Å²) in [6.07, 6.45) is 2.27. The number of nitrogens with one attached hydrogen (secondary N) is 1. The van der Waals surface area contributed by atoms with Crippen LogP contribution in [-0.2, 0) is 13.1 Å². The van der Waals surface area contributed by atoms with E-state index in [-0.39, 0.29) is 0 Å². The Kier molecular flexibility index (Phi) is 2.29. The largest absolute Gasteiger partial charge is 0.348 e. The highest BCUT2D eigenvalue weighted by molar-refractivity contribution is 5.64. The van der Waals surface area contributed by atoms with Crippen molar-refractivity contribution in [2.24, 2.45) is 0 Å². The van der Waals surface area contributed by atoms with Gasteiger partial charge in [0.2, 0.25) is 0 Å². The molecule has 1 aromatic carbocycles. The average molecular weight is 212 g/mol. The summed E-state index contributed by atoms with van der Waals surface area (Å²) < 4.78 is 2.36. The molecule has 1 aromatic heterocycles. The lowest BCUT2D eigenvalue weighted by Crippen LogP contribution is -2.27. The quantitative estimate of drug-likeness (QED) is 0.768. The lowest BCUT2D eigenvalue weighted by Gasteiger charge is -2.15. The van der Waals surface area contributed by atoms with E-state index < -0.39 is 0 Å². The molecular weight excluding hydrogens is 196 g/mol. The zero-order chi connectivity index (χ0) is 11.0. The molecule has 2 aromatic rings. The van der Waals surface area contributed by atoms with Gasteiger partial charge < -0.3 is 9.88 Å². The predicted octanol–water partition coefficient (Wildman–Crippen LogP) is 2.57. The van der Waals surface area contributed by atoms with Gasteiger partial charge >= 0.3 is 0 Å². The Hall–Kier alpha value is -1.54. The summed E-state index contributed by atoms with van der Waals surface area (Å²) in [5.74, 6) is 0. The Bertz CT molecular complexity index is 488. The van der Waals surface area contributed by atoms with Crippen LogP contribution in [-0.4, -0.2) is 11.1 Å². The highest BCUT2D eigenvalue weighted by atomic mass is 15.1. The summed E-state index contributed by atoms with van der Waals surface area (Å²) in [7, 11) is 0. The van der Waals surface area contributed by atoms with Gasteiger partial charge in [-0.05, 0) is 24.1 Å². The number of rotatable bonds is 1. The number of benzene rings is 1. The van der Waals surface area contributed by atoms with E-state index in [0.29, 0.717) is 0 Å². The van der Waals surface area contributed by atoms with Crippen molar-refractivity contribution in [1.29, 1.82) is 0 Å². The first-order chi connectivity index (χ1) is 7.83. The number of nitrogens with zero attached hydrogens (tertiary/aromatic N) is 1. The second kappa shape index (κ2) is 3.80. The molecule has 0 aliphatic carbocycles. The van der Waals surface area contributed by atoms with Crippen LogP contribution in [0.1, 0.15) is 11.3 Å². The lowest BCUT2D eigenvalue weighted by atomic mass is 10.1. The zero-order valence-electron chi connectivity index (χ0n) is 9.53. The Morgan fingerprint density at radius 1 is 1.19 bits per heavy atom. The van der Waals surface area contributed by atoms with Gasteiger partial charge in [-0.25, -0.2) is 0 Å². The molecule has 0 bridgehead atoms. The Morgan fingerprint density at radius 3 is 2.94 bits per heavy atom. The summed E-state index contributed by atoms with van der Waals surface area (Å²) in [5, 5.41) is 3.40. The molecule has 2 heterocycles. The molecule has 0 saturated heterocycles. The SMILES string of the molecule is Cc1cccc(-c2cc3n(c2)CCNC3)c1. The topological polar surface area (TPSA) is 17.0 Å². The molecule has 0 atom stereocenters. The maximum Gasteiger partial charge on any atom is 0.0360 e. The van der Waals surface area contributed by atoms with E-state index in [9.17, 15) is 0 Å². The molecule has 0 spiro atoms. The van der Waals surface area contributed by atoms with Crippen LogP contribution in [0.3, 0.4) is 0 Å². The fraction of sp³-hybridized carbons (Fsp3) is 0.286. The number of hydrogen-bond acceptors (Lipinski definition) is 1. The third kappa shape index (κ3) is 1.65. The number of aromatic nitrogens is 1. The first kappa shape index (κ1) is 9.67. The highest BCUT2D eigenvalue weighted by Crippen LogP contribution is 2.24. The summed E-state index contributed by atoms with van der Waals surface area (Å²) in [5.41, 5.74) is 5.37. The molecule has 0 amide bonds. The van der Waals surface area contributed by atoms with Gasteiger partial charge in [-0.15, -0.1) is 0 Å². The first-order valence-corrected chi connectivity index (χ1v) is 5.80. The van der Waals surface area contributed by atoms with Crippen molar-refractivity contribution in [2.45, 2.75) is 20.0 Å². The number of hydrogen-bond donors (Lipinski definition) is 1. The number of aryl methyl sites for hydroxylation is 1. The monoisotopic (exact) mass is 212 g/mol. The molecule has 82 valence electrons. The Labute approximate surface area is 95.9 Å². The fourth-order valence-corrected chi connectivity index (χ4v) is 2.31. The van der Waals surface area contributed by atoms with Crippen LogP contribution in [0.5, 0.6) is 0 Å². The van der Waals surface area contributed by atoms with Gasteiger partial charge in [0, 0.05) is 31.5 Å². The maximum absolute atomic E-state index is 3.40. The van der Waals surface area contributed by atoms with Crippen molar-refractivity contribution >= 4 is 0 Å². The van der Waals surface area contributed by atoms with Crippen LogP contribution in [0.2, 0.25) is 0 Å². The van der Waals surface area contributed by atoms with E-state index in [2.05, 4.69) is 53.3 Å². The van der Waals surface area contributed by atoms with Crippen molar-refractivity contribution in [3.63, 3.8) is 0 Å². The fourth-order valence-electron chi connectivity index (χ4n) is 2.31. The molecule has 0 radical (unpaired) electrons. The molecule has 2 heteroatoms. The van der Waals surface area contributed by atoms with E-state index in [0.717, 1.165) is 19.6 Å². The van der Waals surface area contributed by atoms with Crippen LogP contribution >= 0.6 is 0 Å². The van der Waals surface area contributed by atoms with Crippen LogP contribution < -0.4 is 5.32 Å². The normalized spacial score (nSPS) is 14.8. The van der Waals surface area contributed by atoms with Gasteiger partial charge in [0.25, 0.3) is 0 Å². The molecule has 1 N–H and O–H groups in total. The molecule has 0 saturated carbocycles. The van der Waals surface area contributed by atoms with E-state index in [1.807, 2.05) is 0 Å². The lowest BCUT2D eigenvalue weighted by molar-refractivity contribution is 0.517. The molecular formula is C14H16N2. The van der Waals surface area contributed by atoms with E-state index >= 15 is 0 Å². The molecule has 0 unspecified atom stereocenters. The molecule has 1 aliphatic rings. The second-order valence-electron chi connectivity index (χ2n) is 4.46. The molecule has 2 nitrogen and oxygen atoms in total. The van der Waals surface area contributed by atoms with Gasteiger partial charge in [-0.2, -0.15) is 0 Å². The summed E-state index contributed by atoms with van der Waals surface area (Å²) in [4.78, 5) is 0. The smallest absolute Gasteiger partial charge is 0.0360 e. The molecule has 3 rings (SSSR count). The highest BCUT2D eigenvalue weighted by Gasteiger charge is 2.10. The average Bonchev–Trinajstić information content (AvgIpc) is 2.72. The van der Waals surface area contributed by atoms with Crippen molar-refractivity contribution in [2.75, 3.05) is 6.54 Å². The van der Waals surface area contributed by atoms with E-state index in [1.54, 1.807) is 0 Å². The van der Waals surface area contributed by atoms with E-state index in [4.69, 9.17) is 0 Å². The third-order valence-corrected chi connectivity index (χ3v) is 3.17. The maximum atomic E-state index is 3.40. The van der Waals surface area contributed by atoms with Crippen LogP contribution in [0, 0.1) is 6.92 Å². The minimum atomic E-state index is 0.992. The molecule has 1 aliphatic heterocycles. The van der Waals surface area contributed by atoms with Gasteiger partial charge in [0.15, 0.2) is 0 Å². The van der Waals surface area contributed by atoms with Crippen molar-refractivity contribution in [3.8, 4) is 11.1 Å². The number of fused-ring (bicyclic) bond motifs is 1. The third-order valence-electron chi connectivity index (χ3n) is 3.17. The van der Waals surface area contributed by atoms with Gasteiger partial charge in [0.05, 0.1) is 0 Å². The van der Waals surface area contributed by atoms with Crippen LogP contribution in [0.4, 0.5) is 0 Å². The first-order valence-electron chi connectivity index (χ1n) is 5.80. The van der Waals surface area contributed by atoms with Crippen LogP contribution in [0.15, 0.2) is 36.5 Å². The standard InChI is InChI=1S/C14H16N2/c1-11-3-2-4-12(7-11)13-8-14-9-15-5-6-16(14)10-13/h2-4,7-8,10,15H,5-6,9H2,1H3.